The van der Waals surface area contributed by atoms with Crippen LogP contribution in [0, 0.1) is 0 Å². The largest absolute Gasteiger partial charge is 0.333 e. The van der Waals surface area contributed by atoms with E-state index in [4.69, 9.17) is 0 Å². The normalized spacial score (nSPS) is 16.3. The number of nitrogens with zero attached hydrogens (tertiary/aromatic N) is 1. The van der Waals surface area contributed by atoms with Gasteiger partial charge in [-0.15, -0.1) is 0 Å². The van der Waals surface area contributed by atoms with E-state index in [1.54, 1.807) is 0 Å². The summed E-state index contributed by atoms with van der Waals surface area (Å²) in [6, 6.07) is 0. The molecule has 0 aromatic rings. The van der Waals surface area contributed by atoms with E-state index in [2.05, 4.69) is 0 Å². The minimum absolute atomic E-state index is 0.340. The summed E-state index contributed by atoms with van der Waals surface area (Å²) in [6.07, 6.45) is 0.340. The fourth-order valence-electron chi connectivity index (χ4n) is 0.345. The van der Waals surface area contributed by atoms with Crippen molar-refractivity contribution in [2.75, 3.05) is 13.1 Å². The number of carbonyl (C=O) groups excluding carboxylic acids is 2. The van der Waals surface area contributed by atoms with Crippen LogP contribution in [-0.2, 0) is 9.59 Å². The van der Waals surface area contributed by atoms with Crippen LogP contribution in [0.4, 0.5) is 0 Å². The summed E-state index contributed by atoms with van der Waals surface area (Å²) in [6.45, 7) is 1.52. The van der Waals surface area contributed by atoms with Crippen molar-refractivity contribution in [2.45, 2.75) is 0 Å². The van der Waals surface area contributed by atoms with Crippen LogP contribution in [0.1, 0.15) is 0 Å². The predicted molar refractivity (Wildman–Crippen MR) is 22.6 cm³/mol. The Kier molecular flexibility index (Phi) is 0.817. The molecule has 7 heavy (non-hydrogen) atoms. The molecular formula is C4H5NO2. The lowest BCUT2D eigenvalue weighted by Crippen LogP contribution is -2.10. The van der Waals surface area contributed by atoms with Crippen molar-refractivity contribution in [3.8, 4) is 0 Å². The van der Waals surface area contributed by atoms with Crippen molar-refractivity contribution in [1.82, 2.24) is 4.90 Å². The van der Waals surface area contributed by atoms with Gasteiger partial charge in [-0.2, -0.15) is 0 Å². The van der Waals surface area contributed by atoms with Gasteiger partial charge in [0, 0.05) is 13.1 Å². The first-order valence-corrected chi connectivity index (χ1v) is 2.08. The molecule has 0 aromatic heterocycles. The van der Waals surface area contributed by atoms with E-state index in [1.165, 1.54) is 4.90 Å². The SMILES string of the molecule is O=CC(=O)N1CC1. The van der Waals surface area contributed by atoms with Crippen LogP contribution in [0.2, 0.25) is 0 Å². The molecule has 0 aromatic carbocycles. The standard InChI is InChI=1S/C4H5NO2/c6-3-4(7)5-1-2-5/h3H,1-2H2. The van der Waals surface area contributed by atoms with Crippen molar-refractivity contribution in [3.05, 3.63) is 0 Å². The van der Waals surface area contributed by atoms with Crippen LogP contribution in [0.3, 0.4) is 0 Å². The number of rotatable bonds is 1. The Bertz CT molecular complexity index is 106. The first kappa shape index (κ1) is 4.30. The Balaban J connectivity index is 2.37. The highest BCUT2D eigenvalue weighted by Gasteiger charge is 2.22. The molecule has 0 spiro atoms. The van der Waals surface area contributed by atoms with Crippen molar-refractivity contribution in [3.63, 3.8) is 0 Å². The van der Waals surface area contributed by atoms with Crippen molar-refractivity contribution < 1.29 is 9.59 Å². The molecule has 1 aliphatic heterocycles. The van der Waals surface area contributed by atoms with E-state index in [1.807, 2.05) is 0 Å². The Morgan fingerprint density at radius 2 is 2.14 bits per heavy atom. The van der Waals surface area contributed by atoms with Crippen molar-refractivity contribution in [2.24, 2.45) is 0 Å². The topological polar surface area (TPSA) is 37.1 Å². The fourth-order valence-corrected chi connectivity index (χ4v) is 0.345. The second-order valence-corrected chi connectivity index (χ2v) is 1.44. The third-order valence-electron chi connectivity index (χ3n) is 0.860. The predicted octanol–water partition coefficient (Wildman–Crippen LogP) is -0.973. The molecule has 1 aliphatic rings. The van der Waals surface area contributed by atoms with E-state index >= 15 is 0 Å². The highest BCUT2D eigenvalue weighted by Crippen LogP contribution is 2.00. The summed E-state index contributed by atoms with van der Waals surface area (Å²) in [7, 11) is 0. The van der Waals surface area contributed by atoms with Crippen LogP contribution in [0.25, 0.3) is 0 Å². The minimum Gasteiger partial charge on any atom is -0.333 e. The number of amides is 1. The quantitative estimate of drug-likeness (QED) is 0.241. The van der Waals surface area contributed by atoms with Gasteiger partial charge < -0.3 is 4.90 Å². The van der Waals surface area contributed by atoms with E-state index in [9.17, 15) is 9.59 Å². The van der Waals surface area contributed by atoms with Crippen LogP contribution in [0.5, 0.6) is 0 Å². The monoisotopic (exact) mass is 99.0 g/mol. The van der Waals surface area contributed by atoms with Gasteiger partial charge in [-0.3, -0.25) is 9.59 Å². The third-order valence-corrected chi connectivity index (χ3v) is 0.860. The first-order valence-electron chi connectivity index (χ1n) is 2.08. The van der Waals surface area contributed by atoms with E-state index in [0.29, 0.717) is 6.29 Å². The first-order chi connectivity index (χ1) is 3.34. The Hall–Kier alpha value is -0.860. The molecule has 1 amide bonds. The number of aldehydes is 1. The summed E-state index contributed by atoms with van der Waals surface area (Å²) in [5.74, 6) is -0.389. The molecule has 0 unspecified atom stereocenters. The average molecular weight is 99.1 g/mol. The summed E-state index contributed by atoms with van der Waals surface area (Å²) >= 11 is 0. The zero-order valence-electron chi connectivity index (χ0n) is 3.76. The molecule has 0 aliphatic carbocycles. The molecule has 1 fully saturated rings. The Morgan fingerprint density at radius 3 is 2.29 bits per heavy atom. The van der Waals surface area contributed by atoms with Crippen molar-refractivity contribution >= 4 is 12.2 Å². The highest BCUT2D eigenvalue weighted by molar-refractivity contribution is 6.24. The van der Waals surface area contributed by atoms with Crippen LogP contribution in [0.15, 0.2) is 0 Å². The van der Waals surface area contributed by atoms with Crippen LogP contribution < -0.4 is 0 Å². The maximum absolute atomic E-state index is 10.1. The van der Waals surface area contributed by atoms with Gasteiger partial charge in [0.1, 0.15) is 0 Å². The van der Waals surface area contributed by atoms with Gasteiger partial charge in [0.05, 0.1) is 0 Å². The molecule has 3 nitrogen and oxygen atoms in total. The molecule has 1 heterocycles. The van der Waals surface area contributed by atoms with Gasteiger partial charge >= 0.3 is 0 Å². The lowest BCUT2D eigenvalue weighted by Gasteiger charge is -1.84. The second kappa shape index (κ2) is 1.33. The lowest BCUT2D eigenvalue weighted by atomic mass is 10.7. The molecule has 1 rings (SSSR count). The zero-order chi connectivity index (χ0) is 5.28. The number of carbonyl (C=O) groups is 2. The van der Waals surface area contributed by atoms with Gasteiger partial charge in [0.2, 0.25) is 6.29 Å². The fraction of sp³-hybridized carbons (Fsp3) is 0.500. The van der Waals surface area contributed by atoms with Gasteiger partial charge in [0.15, 0.2) is 0 Å². The molecule has 0 saturated carbocycles. The van der Waals surface area contributed by atoms with Gasteiger partial charge in [-0.1, -0.05) is 0 Å². The van der Waals surface area contributed by atoms with E-state index < -0.39 is 0 Å². The van der Waals surface area contributed by atoms with Crippen LogP contribution in [-0.4, -0.2) is 30.2 Å². The summed E-state index contributed by atoms with van der Waals surface area (Å²) < 4.78 is 0. The molecule has 1 saturated heterocycles. The molecule has 3 heteroatoms. The summed E-state index contributed by atoms with van der Waals surface area (Å²) in [4.78, 5) is 21.2. The van der Waals surface area contributed by atoms with E-state index in [-0.39, 0.29) is 5.91 Å². The minimum atomic E-state index is -0.389. The van der Waals surface area contributed by atoms with Gasteiger partial charge in [-0.25, -0.2) is 0 Å². The molecule has 0 atom stereocenters. The third kappa shape index (κ3) is 0.765. The van der Waals surface area contributed by atoms with E-state index in [0.717, 1.165) is 13.1 Å². The van der Waals surface area contributed by atoms with Crippen molar-refractivity contribution in [1.29, 1.82) is 0 Å². The lowest BCUT2D eigenvalue weighted by molar-refractivity contribution is -0.134. The number of hydrogen-bond donors (Lipinski definition) is 0. The number of hydrogen-bond acceptors (Lipinski definition) is 2. The van der Waals surface area contributed by atoms with Crippen LogP contribution >= 0.6 is 0 Å². The smallest absolute Gasteiger partial charge is 0.286 e. The zero-order valence-corrected chi connectivity index (χ0v) is 3.76. The maximum atomic E-state index is 10.1. The van der Waals surface area contributed by atoms with Gasteiger partial charge in [-0.05, 0) is 0 Å². The second-order valence-electron chi connectivity index (χ2n) is 1.44. The molecule has 0 radical (unpaired) electrons. The highest BCUT2D eigenvalue weighted by atomic mass is 16.2. The molecular weight excluding hydrogens is 94.0 g/mol. The Morgan fingerprint density at radius 1 is 1.57 bits per heavy atom. The molecule has 38 valence electrons. The molecule has 0 N–H and O–H groups in total. The molecule has 0 bridgehead atoms. The Labute approximate surface area is 40.9 Å². The summed E-state index contributed by atoms with van der Waals surface area (Å²) in [5, 5.41) is 0. The summed E-state index contributed by atoms with van der Waals surface area (Å²) in [5.41, 5.74) is 0. The van der Waals surface area contributed by atoms with Gasteiger partial charge in [0.25, 0.3) is 5.91 Å². The average Bonchev–Trinajstić information content (AvgIpc) is 2.44. The maximum Gasteiger partial charge on any atom is 0.286 e.